The van der Waals surface area contributed by atoms with Gasteiger partial charge in [-0.25, -0.2) is 8.78 Å². The number of rotatable bonds is 8. The molecule has 0 spiro atoms. The lowest BCUT2D eigenvalue weighted by atomic mass is 10.0. The summed E-state index contributed by atoms with van der Waals surface area (Å²) < 4.78 is 27.4. The zero-order chi connectivity index (χ0) is 15.1. The topological polar surface area (TPSA) is 15.3 Å². The number of hydrogen-bond acceptors (Lipinski definition) is 2. The molecule has 0 saturated carbocycles. The maximum Gasteiger partial charge on any atom is 0.163 e. The highest BCUT2D eigenvalue weighted by Crippen LogP contribution is 2.21. The van der Waals surface area contributed by atoms with E-state index >= 15 is 0 Å². The van der Waals surface area contributed by atoms with E-state index in [1.54, 1.807) is 12.1 Å². The number of halogens is 2. The van der Waals surface area contributed by atoms with Crippen molar-refractivity contribution in [1.82, 2.24) is 10.2 Å². The monoisotopic (exact) mass is 284 g/mol. The maximum absolute atomic E-state index is 14.0. The fourth-order valence-corrected chi connectivity index (χ4v) is 2.16. The van der Waals surface area contributed by atoms with Crippen LogP contribution in [-0.4, -0.2) is 31.1 Å². The third kappa shape index (κ3) is 4.53. The molecule has 2 atom stereocenters. The molecule has 0 aliphatic heterocycles. The summed E-state index contributed by atoms with van der Waals surface area (Å²) in [6.45, 7) is 7.77. The fraction of sp³-hybridized carbons (Fsp3) is 0.625. The molecule has 0 amide bonds. The van der Waals surface area contributed by atoms with Crippen molar-refractivity contribution in [2.24, 2.45) is 0 Å². The van der Waals surface area contributed by atoms with E-state index in [0.29, 0.717) is 18.2 Å². The Morgan fingerprint density at radius 3 is 2.55 bits per heavy atom. The highest BCUT2D eigenvalue weighted by Gasteiger charge is 2.20. The Labute approximate surface area is 121 Å². The summed E-state index contributed by atoms with van der Waals surface area (Å²) in [5, 5.41) is 3.32. The van der Waals surface area contributed by atoms with Crippen LogP contribution < -0.4 is 5.32 Å². The smallest absolute Gasteiger partial charge is 0.163 e. The Morgan fingerprint density at radius 1 is 1.25 bits per heavy atom. The Bertz CT molecular complexity index is 409. The molecule has 114 valence electrons. The van der Waals surface area contributed by atoms with Crippen LogP contribution in [0.1, 0.15) is 45.2 Å². The minimum absolute atomic E-state index is 0.190. The SMILES string of the molecule is CCCNC(CN(C)C(C)CC)c1cccc(F)c1F. The average Bonchev–Trinajstić information content (AvgIpc) is 2.45. The number of nitrogens with zero attached hydrogens (tertiary/aromatic N) is 1. The maximum atomic E-state index is 14.0. The van der Waals surface area contributed by atoms with Gasteiger partial charge in [0.1, 0.15) is 0 Å². The lowest BCUT2D eigenvalue weighted by Gasteiger charge is -2.29. The molecule has 0 radical (unpaired) electrons. The van der Waals surface area contributed by atoms with Crippen LogP contribution in [0.15, 0.2) is 18.2 Å². The lowest BCUT2D eigenvalue weighted by Crippen LogP contribution is -2.38. The summed E-state index contributed by atoms with van der Waals surface area (Å²) in [5.74, 6) is -1.52. The van der Waals surface area contributed by atoms with E-state index in [1.807, 2.05) is 7.05 Å². The van der Waals surface area contributed by atoms with Crippen molar-refractivity contribution in [3.05, 3.63) is 35.4 Å². The van der Waals surface area contributed by atoms with E-state index in [4.69, 9.17) is 0 Å². The van der Waals surface area contributed by atoms with Crippen molar-refractivity contribution in [1.29, 1.82) is 0 Å². The van der Waals surface area contributed by atoms with Crippen molar-refractivity contribution in [3.8, 4) is 0 Å². The molecule has 2 nitrogen and oxygen atoms in total. The van der Waals surface area contributed by atoms with Gasteiger partial charge in [0.25, 0.3) is 0 Å². The van der Waals surface area contributed by atoms with Gasteiger partial charge in [0.05, 0.1) is 0 Å². The standard InChI is InChI=1S/C16H26F2N2/c1-5-10-19-15(11-20(4)12(3)6-2)13-8-7-9-14(17)16(13)18/h7-9,12,15,19H,5-6,10-11H2,1-4H3. The quantitative estimate of drug-likeness (QED) is 0.782. The zero-order valence-corrected chi connectivity index (χ0v) is 12.9. The van der Waals surface area contributed by atoms with Gasteiger partial charge in [-0.1, -0.05) is 26.0 Å². The van der Waals surface area contributed by atoms with Crippen molar-refractivity contribution in [2.45, 2.75) is 45.7 Å². The van der Waals surface area contributed by atoms with E-state index in [9.17, 15) is 8.78 Å². The van der Waals surface area contributed by atoms with Crippen LogP contribution in [-0.2, 0) is 0 Å². The van der Waals surface area contributed by atoms with Gasteiger partial charge >= 0.3 is 0 Å². The van der Waals surface area contributed by atoms with Gasteiger partial charge < -0.3 is 10.2 Å². The van der Waals surface area contributed by atoms with Crippen molar-refractivity contribution in [3.63, 3.8) is 0 Å². The van der Waals surface area contributed by atoms with Crippen molar-refractivity contribution in [2.75, 3.05) is 20.1 Å². The number of benzene rings is 1. The molecule has 1 rings (SSSR count). The fourth-order valence-electron chi connectivity index (χ4n) is 2.16. The molecule has 0 saturated heterocycles. The first-order chi connectivity index (χ1) is 9.51. The number of likely N-dealkylation sites (N-methyl/N-ethyl adjacent to an activating group) is 1. The van der Waals surface area contributed by atoms with Crippen molar-refractivity contribution >= 4 is 0 Å². The first kappa shape index (κ1) is 17.1. The molecule has 4 heteroatoms. The summed E-state index contributed by atoms with van der Waals surface area (Å²) in [5.41, 5.74) is 0.411. The number of nitrogens with one attached hydrogen (secondary N) is 1. The normalized spacial score (nSPS) is 14.6. The predicted octanol–water partition coefficient (Wildman–Crippen LogP) is 3.74. The second kappa shape index (κ2) is 8.32. The molecule has 0 aliphatic rings. The van der Waals surface area contributed by atoms with Crippen LogP contribution in [0.25, 0.3) is 0 Å². The van der Waals surface area contributed by atoms with Gasteiger partial charge in [-0.2, -0.15) is 0 Å². The van der Waals surface area contributed by atoms with Gasteiger partial charge in [0, 0.05) is 24.2 Å². The molecule has 0 heterocycles. The molecule has 0 bridgehead atoms. The largest absolute Gasteiger partial charge is 0.309 e. The van der Waals surface area contributed by atoms with Gasteiger partial charge in [0.2, 0.25) is 0 Å². The molecule has 0 fully saturated rings. The van der Waals surface area contributed by atoms with Crippen LogP contribution in [0.2, 0.25) is 0 Å². The first-order valence-corrected chi connectivity index (χ1v) is 7.38. The van der Waals surface area contributed by atoms with Crippen LogP contribution >= 0.6 is 0 Å². The molecule has 0 aliphatic carbocycles. The Balaban J connectivity index is 2.91. The van der Waals surface area contributed by atoms with Gasteiger partial charge in [-0.15, -0.1) is 0 Å². The van der Waals surface area contributed by atoms with Crippen LogP contribution in [0, 0.1) is 11.6 Å². The second-order valence-electron chi connectivity index (χ2n) is 5.35. The highest BCUT2D eigenvalue weighted by atomic mass is 19.2. The van der Waals surface area contributed by atoms with Gasteiger partial charge in [-0.3, -0.25) is 0 Å². The molecular weight excluding hydrogens is 258 g/mol. The summed E-state index contributed by atoms with van der Waals surface area (Å²) in [7, 11) is 2.02. The van der Waals surface area contributed by atoms with E-state index in [2.05, 4.69) is 31.0 Å². The zero-order valence-electron chi connectivity index (χ0n) is 12.9. The summed E-state index contributed by atoms with van der Waals surface area (Å²) >= 11 is 0. The molecule has 1 aromatic rings. The van der Waals surface area contributed by atoms with Crippen LogP contribution in [0.5, 0.6) is 0 Å². The minimum Gasteiger partial charge on any atom is -0.309 e. The minimum atomic E-state index is -0.781. The highest BCUT2D eigenvalue weighted by molar-refractivity contribution is 5.23. The second-order valence-corrected chi connectivity index (χ2v) is 5.35. The molecule has 20 heavy (non-hydrogen) atoms. The first-order valence-electron chi connectivity index (χ1n) is 7.38. The van der Waals surface area contributed by atoms with Gasteiger partial charge in [-0.05, 0) is 39.4 Å². The van der Waals surface area contributed by atoms with E-state index in [-0.39, 0.29) is 6.04 Å². The summed E-state index contributed by atoms with van der Waals surface area (Å²) in [6, 6.07) is 4.62. The lowest BCUT2D eigenvalue weighted by molar-refractivity contribution is 0.222. The van der Waals surface area contributed by atoms with E-state index < -0.39 is 11.6 Å². The molecule has 2 unspecified atom stereocenters. The third-order valence-electron chi connectivity index (χ3n) is 3.81. The van der Waals surface area contributed by atoms with Crippen molar-refractivity contribution < 1.29 is 8.78 Å². The van der Waals surface area contributed by atoms with E-state index in [1.165, 1.54) is 0 Å². The van der Waals surface area contributed by atoms with Crippen LogP contribution in [0.4, 0.5) is 8.78 Å². The van der Waals surface area contributed by atoms with Crippen LogP contribution in [0.3, 0.4) is 0 Å². The molecule has 1 aromatic carbocycles. The Kier molecular flexibility index (Phi) is 7.10. The predicted molar refractivity (Wildman–Crippen MR) is 79.8 cm³/mol. The van der Waals surface area contributed by atoms with Gasteiger partial charge in [0.15, 0.2) is 11.6 Å². The number of hydrogen-bond donors (Lipinski definition) is 1. The average molecular weight is 284 g/mol. The molecule has 0 aromatic heterocycles. The van der Waals surface area contributed by atoms with E-state index in [0.717, 1.165) is 25.5 Å². The summed E-state index contributed by atoms with van der Waals surface area (Å²) in [6.07, 6.45) is 1.99. The molecule has 1 N–H and O–H groups in total. The summed E-state index contributed by atoms with van der Waals surface area (Å²) in [4.78, 5) is 2.18. The molecular formula is C16H26F2N2. The third-order valence-corrected chi connectivity index (χ3v) is 3.81. The Hall–Kier alpha value is -1.00. The Morgan fingerprint density at radius 2 is 1.95 bits per heavy atom.